The molecule has 92 valence electrons. The van der Waals surface area contributed by atoms with E-state index in [9.17, 15) is 10.1 Å². The van der Waals surface area contributed by atoms with E-state index in [0.29, 0.717) is 11.8 Å². The summed E-state index contributed by atoms with van der Waals surface area (Å²) in [5.41, 5.74) is 5.23. The van der Waals surface area contributed by atoms with Crippen molar-refractivity contribution in [1.29, 1.82) is 0 Å². The second kappa shape index (κ2) is 5.17. The molecule has 1 aromatic heterocycles. The highest BCUT2D eigenvalue weighted by atomic mass is 32.2. The van der Waals surface area contributed by atoms with Crippen LogP contribution in [0.5, 0.6) is 0 Å². The Bertz CT molecular complexity index is 422. The molecule has 0 amide bonds. The normalized spacial score (nSPS) is 19.2. The average molecular weight is 255 g/mol. The molecule has 1 fully saturated rings. The van der Waals surface area contributed by atoms with Gasteiger partial charge in [-0.3, -0.25) is 10.1 Å². The molecule has 0 saturated carbocycles. The molecule has 1 saturated heterocycles. The first-order valence-corrected chi connectivity index (χ1v) is 6.33. The monoisotopic (exact) mass is 255 g/mol. The van der Waals surface area contributed by atoms with Gasteiger partial charge in [-0.15, -0.1) is 0 Å². The van der Waals surface area contributed by atoms with Crippen molar-refractivity contribution in [3.05, 3.63) is 16.4 Å². The van der Waals surface area contributed by atoms with Crippen molar-refractivity contribution >= 4 is 29.1 Å². The molecule has 1 aromatic rings. The molecule has 0 radical (unpaired) electrons. The first-order valence-electron chi connectivity index (χ1n) is 5.29. The van der Waals surface area contributed by atoms with Crippen molar-refractivity contribution in [2.45, 2.75) is 18.1 Å². The van der Waals surface area contributed by atoms with Crippen molar-refractivity contribution in [2.75, 3.05) is 23.3 Å². The summed E-state index contributed by atoms with van der Waals surface area (Å²) < 4.78 is 0. The average Bonchev–Trinajstić information content (AvgIpc) is 2.78. The van der Waals surface area contributed by atoms with Gasteiger partial charge < -0.3 is 11.1 Å². The highest BCUT2D eigenvalue weighted by Crippen LogP contribution is 2.29. The van der Waals surface area contributed by atoms with Crippen LogP contribution in [0.25, 0.3) is 0 Å². The van der Waals surface area contributed by atoms with Crippen LogP contribution in [0, 0.1) is 10.1 Å². The van der Waals surface area contributed by atoms with Crippen molar-refractivity contribution in [1.82, 2.24) is 9.97 Å². The lowest BCUT2D eigenvalue weighted by molar-refractivity contribution is -0.383. The Morgan fingerprint density at radius 2 is 2.47 bits per heavy atom. The Hall–Kier alpha value is -1.57. The Labute approximate surface area is 102 Å². The number of nitrogens with two attached hydrogens (primary N) is 1. The number of rotatable bonds is 4. The number of hydrogen-bond donors (Lipinski definition) is 2. The molecular weight excluding hydrogens is 242 g/mol. The Morgan fingerprint density at radius 1 is 1.65 bits per heavy atom. The first kappa shape index (κ1) is 11.9. The van der Waals surface area contributed by atoms with E-state index in [1.165, 1.54) is 12.7 Å². The van der Waals surface area contributed by atoms with E-state index in [4.69, 9.17) is 5.73 Å². The van der Waals surface area contributed by atoms with Gasteiger partial charge in [-0.1, -0.05) is 0 Å². The van der Waals surface area contributed by atoms with Crippen molar-refractivity contribution in [2.24, 2.45) is 0 Å². The van der Waals surface area contributed by atoms with Crippen molar-refractivity contribution < 1.29 is 4.92 Å². The zero-order valence-corrected chi connectivity index (χ0v) is 9.94. The summed E-state index contributed by atoms with van der Waals surface area (Å²) >= 11 is 1.87. The van der Waals surface area contributed by atoms with Crippen LogP contribution in [0.1, 0.15) is 12.8 Å². The van der Waals surface area contributed by atoms with Crippen LogP contribution in [0.15, 0.2) is 6.33 Å². The van der Waals surface area contributed by atoms with Gasteiger partial charge in [0.1, 0.15) is 6.33 Å². The highest BCUT2D eigenvalue weighted by Gasteiger charge is 2.22. The summed E-state index contributed by atoms with van der Waals surface area (Å²) in [7, 11) is 0. The summed E-state index contributed by atoms with van der Waals surface area (Å²) in [6.45, 7) is 0.669. The third kappa shape index (κ3) is 2.76. The van der Waals surface area contributed by atoms with E-state index < -0.39 is 4.92 Å². The van der Waals surface area contributed by atoms with E-state index >= 15 is 0 Å². The Morgan fingerprint density at radius 3 is 3.12 bits per heavy atom. The van der Waals surface area contributed by atoms with Crippen LogP contribution in [0.2, 0.25) is 0 Å². The number of nitrogens with zero attached hydrogens (tertiary/aromatic N) is 3. The molecule has 3 N–H and O–H groups in total. The number of aromatic nitrogens is 2. The minimum Gasteiger partial charge on any atom is -0.378 e. The van der Waals surface area contributed by atoms with Gasteiger partial charge in [0.2, 0.25) is 11.6 Å². The maximum Gasteiger partial charge on any atom is 0.352 e. The standard InChI is InChI=1S/C9H13N5O2S/c10-8-7(14(15)16)9(13-5-12-8)11-4-6-2-1-3-17-6/h5-6H,1-4H2,(H3,10,11,12,13). The second-order valence-corrected chi connectivity index (χ2v) is 5.14. The van der Waals surface area contributed by atoms with Gasteiger partial charge in [-0.2, -0.15) is 11.8 Å². The third-order valence-electron chi connectivity index (χ3n) is 2.55. The largest absolute Gasteiger partial charge is 0.378 e. The number of thioether (sulfide) groups is 1. The zero-order chi connectivity index (χ0) is 12.3. The maximum atomic E-state index is 10.8. The van der Waals surface area contributed by atoms with Crippen LogP contribution >= 0.6 is 11.8 Å². The van der Waals surface area contributed by atoms with Gasteiger partial charge >= 0.3 is 5.69 Å². The highest BCUT2D eigenvalue weighted by molar-refractivity contribution is 8.00. The second-order valence-electron chi connectivity index (χ2n) is 3.73. The first-order chi connectivity index (χ1) is 8.18. The number of nitro groups is 1. The van der Waals surface area contributed by atoms with Crippen LogP contribution < -0.4 is 11.1 Å². The predicted octanol–water partition coefficient (Wildman–Crippen LogP) is 1.27. The molecule has 7 nitrogen and oxygen atoms in total. The van der Waals surface area contributed by atoms with Crippen LogP contribution in [0.4, 0.5) is 17.3 Å². The van der Waals surface area contributed by atoms with Gasteiger partial charge in [-0.25, -0.2) is 9.97 Å². The van der Waals surface area contributed by atoms with Crippen molar-refractivity contribution in [3.8, 4) is 0 Å². The topological polar surface area (TPSA) is 107 Å². The summed E-state index contributed by atoms with van der Waals surface area (Å²) in [5.74, 6) is 1.25. The fourth-order valence-electron chi connectivity index (χ4n) is 1.72. The summed E-state index contributed by atoms with van der Waals surface area (Å²) in [5, 5.41) is 14.3. The zero-order valence-electron chi connectivity index (χ0n) is 9.13. The van der Waals surface area contributed by atoms with Crippen LogP contribution in [-0.4, -0.2) is 32.4 Å². The van der Waals surface area contributed by atoms with E-state index in [0.717, 1.165) is 12.2 Å². The maximum absolute atomic E-state index is 10.8. The molecule has 0 aromatic carbocycles. The minimum atomic E-state index is -0.556. The molecule has 1 atom stereocenters. The van der Waals surface area contributed by atoms with E-state index in [1.807, 2.05) is 11.8 Å². The predicted molar refractivity (Wildman–Crippen MR) is 67.1 cm³/mol. The van der Waals surface area contributed by atoms with Gasteiger partial charge in [0, 0.05) is 11.8 Å². The van der Waals surface area contributed by atoms with Crippen LogP contribution in [-0.2, 0) is 0 Å². The van der Waals surface area contributed by atoms with Gasteiger partial charge in [-0.05, 0) is 18.6 Å². The number of anilines is 2. The molecular formula is C9H13N5O2S. The lowest BCUT2D eigenvalue weighted by atomic mass is 10.2. The number of nitrogen functional groups attached to an aromatic ring is 1. The molecule has 1 aliphatic heterocycles. The fraction of sp³-hybridized carbons (Fsp3) is 0.556. The molecule has 0 spiro atoms. The van der Waals surface area contributed by atoms with Crippen LogP contribution in [0.3, 0.4) is 0 Å². The molecule has 17 heavy (non-hydrogen) atoms. The smallest absolute Gasteiger partial charge is 0.352 e. The fourth-order valence-corrected chi connectivity index (χ4v) is 2.92. The molecule has 2 heterocycles. The Balaban J connectivity index is 2.09. The van der Waals surface area contributed by atoms with Gasteiger partial charge in [0.15, 0.2) is 0 Å². The minimum absolute atomic E-state index is 0.105. The number of nitrogens with one attached hydrogen (secondary N) is 1. The summed E-state index contributed by atoms with van der Waals surface area (Å²) in [6.07, 6.45) is 3.56. The lowest BCUT2D eigenvalue weighted by Crippen LogP contribution is -2.16. The quantitative estimate of drug-likeness (QED) is 0.616. The van der Waals surface area contributed by atoms with E-state index in [-0.39, 0.29) is 17.3 Å². The van der Waals surface area contributed by atoms with Gasteiger partial charge in [0.25, 0.3) is 0 Å². The van der Waals surface area contributed by atoms with E-state index in [2.05, 4.69) is 15.3 Å². The third-order valence-corrected chi connectivity index (χ3v) is 3.95. The SMILES string of the molecule is Nc1ncnc(NCC2CCCS2)c1[N+](=O)[O-]. The summed E-state index contributed by atoms with van der Waals surface area (Å²) in [6, 6.07) is 0. The summed E-state index contributed by atoms with van der Waals surface area (Å²) in [4.78, 5) is 17.8. The van der Waals surface area contributed by atoms with E-state index in [1.54, 1.807) is 0 Å². The lowest BCUT2D eigenvalue weighted by Gasteiger charge is -2.10. The molecule has 0 bridgehead atoms. The van der Waals surface area contributed by atoms with Crippen molar-refractivity contribution in [3.63, 3.8) is 0 Å². The molecule has 8 heteroatoms. The molecule has 2 rings (SSSR count). The Kier molecular flexibility index (Phi) is 3.62. The molecule has 1 unspecified atom stereocenters. The molecule has 0 aliphatic carbocycles. The number of hydrogen-bond acceptors (Lipinski definition) is 7. The molecule has 1 aliphatic rings. The van der Waals surface area contributed by atoms with Gasteiger partial charge in [0.05, 0.1) is 4.92 Å².